The summed E-state index contributed by atoms with van der Waals surface area (Å²) in [4.78, 5) is 33.8. The molecule has 1 amide bonds. The van der Waals surface area contributed by atoms with Gasteiger partial charge in [-0.1, -0.05) is 167 Å². The van der Waals surface area contributed by atoms with E-state index in [9.17, 15) is 24.2 Å². The summed E-state index contributed by atoms with van der Waals surface area (Å²) >= 11 is 0. The lowest BCUT2D eigenvalue weighted by Crippen LogP contribution is -2.27. The maximum Gasteiger partial charge on any atom is 0.472 e. The first-order valence-corrected chi connectivity index (χ1v) is 22.8. The third-order valence-corrected chi connectivity index (χ3v) is 10.1. The Bertz CT molecular complexity index is 912. The van der Waals surface area contributed by atoms with E-state index in [2.05, 4.69) is 43.5 Å². The zero-order chi connectivity index (χ0) is 38.2. The van der Waals surface area contributed by atoms with E-state index >= 15 is 0 Å². The second-order valence-corrected chi connectivity index (χ2v) is 15.8. The van der Waals surface area contributed by atoms with E-state index in [-0.39, 0.29) is 32.1 Å². The zero-order valence-electron chi connectivity index (χ0n) is 33.5. The minimum Gasteiger partial charge on any atom is -0.463 e. The normalized spacial score (nSPS) is 13.5. The lowest BCUT2D eigenvalue weighted by molar-refractivity contribution is -0.147. The Morgan fingerprint density at radius 2 is 1.04 bits per heavy atom. The van der Waals surface area contributed by atoms with E-state index in [1.54, 1.807) is 0 Å². The van der Waals surface area contributed by atoms with Gasteiger partial charge in [0.25, 0.3) is 0 Å². The van der Waals surface area contributed by atoms with Gasteiger partial charge in [0.15, 0.2) is 0 Å². The summed E-state index contributed by atoms with van der Waals surface area (Å²) in [5, 5.41) is 12.7. The van der Waals surface area contributed by atoms with Gasteiger partial charge in [0, 0.05) is 19.4 Å². The van der Waals surface area contributed by atoms with Crippen LogP contribution in [0.5, 0.6) is 0 Å². The van der Waals surface area contributed by atoms with Crippen LogP contribution in [-0.4, -0.2) is 54.3 Å². The molecule has 0 aliphatic heterocycles. The molecule has 2 unspecified atom stereocenters. The van der Waals surface area contributed by atoms with Crippen molar-refractivity contribution in [3.63, 3.8) is 0 Å². The second-order valence-electron chi connectivity index (χ2n) is 14.3. The molecule has 0 aromatic rings. The highest BCUT2D eigenvalue weighted by molar-refractivity contribution is 7.47. The molecule has 0 heterocycles. The average Bonchev–Trinajstić information content (AvgIpc) is 3.13. The summed E-state index contributed by atoms with van der Waals surface area (Å²) < 4.78 is 26.8. The van der Waals surface area contributed by atoms with Crippen LogP contribution in [-0.2, 0) is 27.9 Å². The van der Waals surface area contributed by atoms with Crippen molar-refractivity contribution in [3.8, 4) is 0 Å². The van der Waals surface area contributed by atoms with Crippen LogP contribution in [0, 0.1) is 0 Å². The molecule has 0 spiro atoms. The number of rotatable bonds is 40. The summed E-state index contributed by atoms with van der Waals surface area (Å²) in [5.74, 6) is -0.516. The fourth-order valence-electron chi connectivity index (χ4n) is 5.88. The summed E-state index contributed by atoms with van der Waals surface area (Å²) in [5.41, 5.74) is 0. The van der Waals surface area contributed by atoms with Crippen LogP contribution in [0.3, 0.4) is 0 Å². The molecule has 306 valence electrons. The van der Waals surface area contributed by atoms with Crippen molar-refractivity contribution in [3.05, 3.63) is 24.3 Å². The first-order valence-electron chi connectivity index (χ1n) is 21.3. The van der Waals surface area contributed by atoms with Crippen molar-refractivity contribution in [2.75, 3.05) is 26.4 Å². The number of esters is 1. The maximum absolute atomic E-state index is 12.1. The Balaban J connectivity index is 3.56. The molecule has 0 aromatic carbocycles. The van der Waals surface area contributed by atoms with Crippen molar-refractivity contribution in [2.45, 2.75) is 206 Å². The van der Waals surface area contributed by atoms with Crippen LogP contribution < -0.4 is 5.32 Å². The molecule has 0 fully saturated rings. The summed E-state index contributed by atoms with van der Waals surface area (Å²) in [6, 6.07) is 0. The van der Waals surface area contributed by atoms with Gasteiger partial charge in [-0.25, -0.2) is 4.57 Å². The van der Waals surface area contributed by atoms with Gasteiger partial charge in [-0.2, -0.15) is 0 Å². The van der Waals surface area contributed by atoms with Gasteiger partial charge < -0.3 is 20.1 Å². The lowest BCUT2D eigenvalue weighted by atomic mass is 10.0. The fourth-order valence-corrected chi connectivity index (χ4v) is 6.64. The highest BCUT2D eigenvalue weighted by Gasteiger charge is 2.23. The number of ether oxygens (including phenoxy) is 1. The second kappa shape index (κ2) is 39.2. The molecule has 0 saturated heterocycles. The molecule has 10 heteroatoms. The van der Waals surface area contributed by atoms with Crippen LogP contribution in [0.2, 0.25) is 0 Å². The summed E-state index contributed by atoms with van der Waals surface area (Å²) in [7, 11) is -4.41. The Labute approximate surface area is 319 Å². The number of hydrogen-bond acceptors (Lipinski definition) is 7. The van der Waals surface area contributed by atoms with Crippen LogP contribution >= 0.6 is 7.82 Å². The number of allylic oxidation sites excluding steroid dienone is 4. The Morgan fingerprint density at radius 1 is 0.596 bits per heavy atom. The Hall–Kier alpha value is -1.51. The van der Waals surface area contributed by atoms with E-state index in [0.717, 1.165) is 44.9 Å². The number of amides is 1. The van der Waals surface area contributed by atoms with Gasteiger partial charge in [-0.05, 0) is 44.9 Å². The third kappa shape index (κ3) is 39.7. The SMILES string of the molecule is CCCCC/C=C\C/C=C\CCCCCCCCCCCCCC(=O)NCCOP(=O)(O)OCC(O)COC(=O)CCCCCCCCCCCC. The number of unbranched alkanes of at least 4 members (excludes halogenated alkanes) is 23. The number of hydrogen-bond donors (Lipinski definition) is 3. The average molecular weight is 758 g/mol. The highest BCUT2D eigenvalue weighted by atomic mass is 31.2. The highest BCUT2D eigenvalue weighted by Crippen LogP contribution is 2.42. The number of carbonyl (C=O) groups is 2. The number of nitrogens with one attached hydrogen (secondary N) is 1. The Kier molecular flexibility index (Phi) is 38.1. The molecule has 0 radical (unpaired) electrons. The lowest BCUT2D eigenvalue weighted by Gasteiger charge is -2.15. The topological polar surface area (TPSA) is 131 Å². The first kappa shape index (κ1) is 50.5. The molecule has 0 saturated carbocycles. The van der Waals surface area contributed by atoms with Gasteiger partial charge in [0.2, 0.25) is 5.91 Å². The van der Waals surface area contributed by atoms with Gasteiger partial charge >= 0.3 is 13.8 Å². The largest absolute Gasteiger partial charge is 0.472 e. The van der Waals surface area contributed by atoms with Gasteiger partial charge in [0.1, 0.15) is 12.7 Å². The number of phosphoric ester groups is 1. The molecular formula is C42H80NO8P. The number of aliphatic hydroxyl groups excluding tert-OH is 1. The molecule has 0 rings (SSSR count). The van der Waals surface area contributed by atoms with Crippen molar-refractivity contribution in [2.24, 2.45) is 0 Å². The minimum absolute atomic E-state index is 0.0828. The molecule has 0 bridgehead atoms. The van der Waals surface area contributed by atoms with Crippen molar-refractivity contribution in [1.82, 2.24) is 5.32 Å². The van der Waals surface area contributed by atoms with Crippen molar-refractivity contribution in [1.29, 1.82) is 0 Å². The number of aliphatic hydroxyl groups is 1. The van der Waals surface area contributed by atoms with E-state index < -0.39 is 26.5 Å². The van der Waals surface area contributed by atoms with Gasteiger partial charge in [-0.3, -0.25) is 18.6 Å². The molecule has 0 aliphatic rings. The molecule has 2 atom stereocenters. The van der Waals surface area contributed by atoms with E-state index in [0.29, 0.717) is 6.42 Å². The number of phosphoric acid groups is 1. The monoisotopic (exact) mass is 758 g/mol. The predicted octanol–water partition coefficient (Wildman–Crippen LogP) is 11.6. The predicted molar refractivity (Wildman–Crippen MR) is 215 cm³/mol. The Morgan fingerprint density at radius 3 is 1.58 bits per heavy atom. The van der Waals surface area contributed by atoms with Crippen LogP contribution in [0.4, 0.5) is 0 Å². The molecule has 0 aliphatic carbocycles. The number of carbonyl (C=O) groups excluding carboxylic acids is 2. The van der Waals surface area contributed by atoms with Gasteiger partial charge in [0.05, 0.1) is 13.2 Å². The minimum atomic E-state index is -4.41. The molecule has 3 N–H and O–H groups in total. The standard InChI is InChI=1S/C42H80NO8P/c1-3-5-7-9-11-13-15-16-17-18-19-20-21-22-23-24-25-26-28-30-32-34-41(45)43-36-37-50-52(47,48)51-39-40(44)38-49-42(46)35-33-31-29-27-14-12-10-8-6-4-2/h11,13,16-17,40,44H,3-10,12,14-15,18-39H2,1-2H3,(H,43,45)(H,47,48)/b13-11-,17-16-. The fraction of sp³-hybridized carbons (Fsp3) is 0.857. The molecular weight excluding hydrogens is 677 g/mol. The molecule has 9 nitrogen and oxygen atoms in total. The molecule has 0 aromatic heterocycles. The van der Waals surface area contributed by atoms with E-state index in [1.807, 2.05) is 0 Å². The summed E-state index contributed by atoms with van der Waals surface area (Å²) in [6.45, 7) is 3.52. The quantitative estimate of drug-likeness (QED) is 0.0244. The maximum atomic E-state index is 12.1. The zero-order valence-corrected chi connectivity index (χ0v) is 34.4. The first-order chi connectivity index (χ1) is 25.3. The van der Waals surface area contributed by atoms with Crippen molar-refractivity contribution >= 4 is 19.7 Å². The molecule has 52 heavy (non-hydrogen) atoms. The van der Waals surface area contributed by atoms with Crippen LogP contribution in [0.15, 0.2) is 24.3 Å². The van der Waals surface area contributed by atoms with E-state index in [4.69, 9.17) is 13.8 Å². The van der Waals surface area contributed by atoms with Crippen LogP contribution in [0.1, 0.15) is 200 Å². The third-order valence-electron chi connectivity index (χ3n) is 9.13. The van der Waals surface area contributed by atoms with E-state index in [1.165, 1.54) is 128 Å². The van der Waals surface area contributed by atoms with Crippen molar-refractivity contribution < 1.29 is 37.9 Å². The van der Waals surface area contributed by atoms with Crippen LogP contribution in [0.25, 0.3) is 0 Å². The summed E-state index contributed by atoms with van der Waals surface area (Å²) in [6.07, 6.45) is 41.1. The smallest absolute Gasteiger partial charge is 0.463 e. The van der Waals surface area contributed by atoms with Gasteiger partial charge in [-0.15, -0.1) is 0 Å².